The summed E-state index contributed by atoms with van der Waals surface area (Å²) >= 11 is 0. The first-order chi connectivity index (χ1) is 10.2. The van der Waals surface area contributed by atoms with Gasteiger partial charge in [0.25, 0.3) is 0 Å². The molecule has 0 aromatic heterocycles. The van der Waals surface area contributed by atoms with E-state index in [1.807, 2.05) is 49.4 Å². The van der Waals surface area contributed by atoms with Crippen LogP contribution in [0, 0.1) is 6.92 Å². The summed E-state index contributed by atoms with van der Waals surface area (Å²) in [5.41, 5.74) is 3.82. The number of Topliss-reactive ketones (excluding diaryl/α,β-unsaturated/α-hetero) is 2. The Morgan fingerprint density at radius 1 is 0.667 bits per heavy atom. The summed E-state index contributed by atoms with van der Waals surface area (Å²) in [6.07, 6.45) is 0. The van der Waals surface area contributed by atoms with Gasteiger partial charge >= 0.3 is 0 Å². The molecule has 0 fully saturated rings. The van der Waals surface area contributed by atoms with E-state index in [4.69, 9.17) is 0 Å². The lowest BCUT2D eigenvalue weighted by Crippen LogP contribution is -2.21. The van der Waals surface area contributed by atoms with Gasteiger partial charge in [0, 0.05) is 11.1 Å². The molecule has 0 N–H and O–H groups in total. The molecule has 0 bridgehead atoms. The minimum Gasteiger partial charge on any atom is -0.285 e. The first-order valence-corrected chi connectivity index (χ1v) is 6.88. The average Bonchev–Trinajstić information content (AvgIpc) is 2.52. The van der Waals surface area contributed by atoms with Gasteiger partial charge in [-0.3, -0.25) is 9.59 Å². The molecule has 3 aromatic carbocycles. The first kappa shape index (κ1) is 12.0. The van der Waals surface area contributed by atoms with E-state index in [0.29, 0.717) is 11.1 Å². The molecule has 2 nitrogen and oxygen atoms in total. The maximum Gasteiger partial charge on any atom is 0.234 e. The van der Waals surface area contributed by atoms with Crippen molar-refractivity contribution in [2.24, 2.45) is 0 Å². The van der Waals surface area contributed by atoms with Crippen molar-refractivity contribution in [2.45, 2.75) is 6.92 Å². The number of ketones is 2. The van der Waals surface area contributed by atoms with Crippen LogP contribution in [-0.2, 0) is 0 Å². The molecule has 0 saturated heterocycles. The number of rotatable bonds is 0. The SMILES string of the molecule is Cc1cccc2cc3c(cc12)C(=O)C(=O)c1ccccc1-3. The summed E-state index contributed by atoms with van der Waals surface area (Å²) in [7, 11) is 0. The summed E-state index contributed by atoms with van der Waals surface area (Å²) in [5, 5.41) is 2.11. The molecule has 0 aliphatic heterocycles. The molecule has 0 unspecified atom stereocenters. The lowest BCUT2D eigenvalue weighted by Gasteiger charge is -2.19. The summed E-state index contributed by atoms with van der Waals surface area (Å²) in [4.78, 5) is 24.6. The van der Waals surface area contributed by atoms with Crippen molar-refractivity contribution in [1.29, 1.82) is 0 Å². The highest BCUT2D eigenvalue weighted by atomic mass is 16.2. The average molecular weight is 272 g/mol. The van der Waals surface area contributed by atoms with Crippen LogP contribution in [0.2, 0.25) is 0 Å². The van der Waals surface area contributed by atoms with Gasteiger partial charge < -0.3 is 0 Å². The van der Waals surface area contributed by atoms with Gasteiger partial charge in [-0.25, -0.2) is 0 Å². The maximum atomic E-state index is 12.4. The van der Waals surface area contributed by atoms with Crippen LogP contribution in [-0.4, -0.2) is 11.6 Å². The summed E-state index contributed by atoms with van der Waals surface area (Å²) in [5.74, 6) is -0.820. The molecule has 100 valence electrons. The van der Waals surface area contributed by atoms with E-state index >= 15 is 0 Å². The van der Waals surface area contributed by atoms with Crippen molar-refractivity contribution in [3.05, 3.63) is 71.3 Å². The molecular weight excluding hydrogens is 260 g/mol. The van der Waals surface area contributed by atoms with Crippen LogP contribution in [0.1, 0.15) is 26.3 Å². The second-order valence-electron chi connectivity index (χ2n) is 5.40. The Morgan fingerprint density at radius 2 is 1.38 bits per heavy atom. The van der Waals surface area contributed by atoms with E-state index in [9.17, 15) is 9.59 Å². The Hall–Kier alpha value is -2.74. The lowest BCUT2D eigenvalue weighted by molar-refractivity contribution is 0.0815. The van der Waals surface area contributed by atoms with E-state index in [2.05, 4.69) is 0 Å². The molecule has 0 radical (unpaired) electrons. The molecule has 1 aliphatic rings. The molecule has 0 heterocycles. The highest BCUT2D eigenvalue weighted by Gasteiger charge is 2.30. The quantitative estimate of drug-likeness (QED) is 0.575. The molecule has 0 saturated carbocycles. The fourth-order valence-corrected chi connectivity index (χ4v) is 3.05. The van der Waals surface area contributed by atoms with Gasteiger partial charge in [0.15, 0.2) is 0 Å². The van der Waals surface area contributed by atoms with Crippen LogP contribution < -0.4 is 0 Å². The second-order valence-corrected chi connectivity index (χ2v) is 5.40. The van der Waals surface area contributed by atoms with E-state index in [-0.39, 0.29) is 0 Å². The normalized spacial score (nSPS) is 13.2. The van der Waals surface area contributed by atoms with Crippen LogP contribution >= 0.6 is 0 Å². The molecule has 0 atom stereocenters. The molecule has 3 aromatic rings. The molecule has 1 aliphatic carbocycles. The Labute approximate surface area is 122 Å². The zero-order valence-electron chi connectivity index (χ0n) is 11.5. The van der Waals surface area contributed by atoms with E-state index in [1.165, 1.54) is 0 Å². The predicted molar refractivity (Wildman–Crippen MR) is 82.8 cm³/mol. The number of aryl methyl sites for hydroxylation is 1. The van der Waals surface area contributed by atoms with Gasteiger partial charge in [-0.1, -0.05) is 42.5 Å². The van der Waals surface area contributed by atoms with E-state index in [0.717, 1.165) is 27.5 Å². The number of hydrogen-bond donors (Lipinski definition) is 0. The Bertz CT molecular complexity index is 935. The molecule has 2 heteroatoms. The van der Waals surface area contributed by atoms with Gasteiger partial charge in [0.1, 0.15) is 0 Å². The minimum absolute atomic E-state index is 0.408. The van der Waals surface area contributed by atoms with Crippen LogP contribution in [0.4, 0.5) is 0 Å². The summed E-state index contributed by atoms with van der Waals surface area (Å²) in [6.45, 7) is 2.01. The number of benzene rings is 3. The number of hydrogen-bond acceptors (Lipinski definition) is 2. The van der Waals surface area contributed by atoms with Gasteiger partial charge in [0.2, 0.25) is 11.6 Å². The Morgan fingerprint density at radius 3 is 2.19 bits per heavy atom. The van der Waals surface area contributed by atoms with Crippen molar-refractivity contribution in [3.63, 3.8) is 0 Å². The van der Waals surface area contributed by atoms with Crippen molar-refractivity contribution < 1.29 is 9.59 Å². The van der Waals surface area contributed by atoms with Crippen molar-refractivity contribution >= 4 is 22.3 Å². The van der Waals surface area contributed by atoms with Gasteiger partial charge in [0.05, 0.1) is 0 Å². The van der Waals surface area contributed by atoms with E-state index in [1.54, 1.807) is 12.1 Å². The van der Waals surface area contributed by atoms with Gasteiger partial charge in [-0.15, -0.1) is 0 Å². The number of carbonyl (C=O) groups is 2. The molecular formula is C19H12O2. The third kappa shape index (κ3) is 1.59. The van der Waals surface area contributed by atoms with Gasteiger partial charge in [-0.2, -0.15) is 0 Å². The smallest absolute Gasteiger partial charge is 0.234 e. The fourth-order valence-electron chi connectivity index (χ4n) is 3.05. The largest absolute Gasteiger partial charge is 0.285 e. The third-order valence-electron chi connectivity index (χ3n) is 4.15. The zero-order valence-corrected chi connectivity index (χ0v) is 11.5. The molecule has 0 spiro atoms. The van der Waals surface area contributed by atoms with Crippen LogP contribution in [0.25, 0.3) is 21.9 Å². The predicted octanol–water partition coefficient (Wildman–Crippen LogP) is 4.19. The second kappa shape index (κ2) is 4.13. The third-order valence-corrected chi connectivity index (χ3v) is 4.15. The monoisotopic (exact) mass is 272 g/mol. The van der Waals surface area contributed by atoms with Crippen LogP contribution in [0.15, 0.2) is 54.6 Å². The lowest BCUT2D eigenvalue weighted by atomic mass is 9.82. The standard InChI is InChI=1S/C19H12O2/c1-11-5-4-6-12-9-16-13-7-2-3-8-14(13)18(20)19(21)17(16)10-15(11)12/h2-10H,1H3. The topological polar surface area (TPSA) is 34.1 Å². The minimum atomic E-state index is -0.411. The molecule has 21 heavy (non-hydrogen) atoms. The highest BCUT2D eigenvalue weighted by Crippen LogP contribution is 2.36. The zero-order chi connectivity index (χ0) is 14.6. The van der Waals surface area contributed by atoms with Crippen LogP contribution in [0.5, 0.6) is 0 Å². The Kier molecular flexibility index (Phi) is 2.36. The van der Waals surface area contributed by atoms with Crippen molar-refractivity contribution in [1.82, 2.24) is 0 Å². The van der Waals surface area contributed by atoms with Crippen molar-refractivity contribution in [2.75, 3.05) is 0 Å². The molecule has 4 rings (SSSR count). The Balaban J connectivity index is 2.15. The summed E-state index contributed by atoms with van der Waals surface area (Å²) < 4.78 is 0. The number of fused-ring (bicyclic) bond motifs is 4. The number of carbonyl (C=O) groups excluding carboxylic acids is 2. The van der Waals surface area contributed by atoms with Crippen molar-refractivity contribution in [3.8, 4) is 11.1 Å². The van der Waals surface area contributed by atoms with Crippen LogP contribution in [0.3, 0.4) is 0 Å². The fraction of sp³-hybridized carbons (Fsp3) is 0.0526. The summed E-state index contributed by atoms with van der Waals surface area (Å²) in [6, 6.07) is 17.2. The molecule has 0 amide bonds. The highest BCUT2D eigenvalue weighted by molar-refractivity contribution is 6.53. The first-order valence-electron chi connectivity index (χ1n) is 6.88. The van der Waals surface area contributed by atoms with Gasteiger partial charge in [-0.05, 0) is 46.5 Å². The van der Waals surface area contributed by atoms with E-state index < -0.39 is 11.6 Å². The maximum absolute atomic E-state index is 12.4.